The van der Waals surface area contributed by atoms with E-state index >= 15 is 0 Å². The molecular formula is C17H29NO2. The van der Waals surface area contributed by atoms with Crippen LogP contribution in [0.3, 0.4) is 0 Å². The van der Waals surface area contributed by atoms with Gasteiger partial charge in [0.2, 0.25) is 0 Å². The lowest BCUT2D eigenvalue weighted by atomic mass is 9.85. The highest BCUT2D eigenvalue weighted by Gasteiger charge is 2.17. The fraction of sp³-hybridized carbons (Fsp3) is 0.647. The van der Waals surface area contributed by atoms with Crippen molar-refractivity contribution >= 4 is 0 Å². The van der Waals surface area contributed by atoms with E-state index in [0.717, 1.165) is 17.9 Å². The summed E-state index contributed by atoms with van der Waals surface area (Å²) in [6, 6.07) is 7.60. The van der Waals surface area contributed by atoms with Crippen LogP contribution in [0.2, 0.25) is 0 Å². The fourth-order valence-electron chi connectivity index (χ4n) is 2.59. The van der Waals surface area contributed by atoms with Crippen molar-refractivity contribution < 1.29 is 9.84 Å². The largest absolute Gasteiger partial charge is 0.497 e. The van der Waals surface area contributed by atoms with Crippen LogP contribution < -0.4 is 10.1 Å². The van der Waals surface area contributed by atoms with Crippen molar-refractivity contribution in [2.75, 3.05) is 20.2 Å². The van der Waals surface area contributed by atoms with Gasteiger partial charge < -0.3 is 15.2 Å². The SMILES string of the molecule is COc1cccc(C(O)CNCC(C(C)C)C(C)C)c1. The van der Waals surface area contributed by atoms with Crippen LogP contribution in [0.4, 0.5) is 0 Å². The van der Waals surface area contributed by atoms with E-state index in [-0.39, 0.29) is 0 Å². The highest BCUT2D eigenvalue weighted by atomic mass is 16.5. The molecule has 0 radical (unpaired) electrons. The molecule has 0 aromatic heterocycles. The van der Waals surface area contributed by atoms with E-state index in [4.69, 9.17) is 4.74 Å². The van der Waals surface area contributed by atoms with Gasteiger partial charge in [0.25, 0.3) is 0 Å². The van der Waals surface area contributed by atoms with E-state index in [9.17, 15) is 5.11 Å². The quantitative estimate of drug-likeness (QED) is 0.767. The third kappa shape index (κ3) is 5.14. The van der Waals surface area contributed by atoms with Crippen molar-refractivity contribution in [3.63, 3.8) is 0 Å². The predicted octanol–water partition coefficient (Wildman–Crippen LogP) is 3.25. The van der Waals surface area contributed by atoms with Gasteiger partial charge in [-0.1, -0.05) is 39.8 Å². The van der Waals surface area contributed by atoms with Crippen molar-refractivity contribution in [2.24, 2.45) is 17.8 Å². The Morgan fingerprint density at radius 2 is 1.75 bits per heavy atom. The molecule has 0 aliphatic carbocycles. The number of aliphatic hydroxyl groups excluding tert-OH is 1. The maximum absolute atomic E-state index is 10.2. The molecule has 1 aromatic rings. The number of ether oxygens (including phenoxy) is 1. The molecule has 2 N–H and O–H groups in total. The molecule has 0 aliphatic rings. The van der Waals surface area contributed by atoms with Crippen molar-refractivity contribution in [2.45, 2.75) is 33.8 Å². The summed E-state index contributed by atoms with van der Waals surface area (Å²) in [6.07, 6.45) is -0.495. The summed E-state index contributed by atoms with van der Waals surface area (Å²) in [4.78, 5) is 0. The Balaban J connectivity index is 2.48. The van der Waals surface area contributed by atoms with Gasteiger partial charge in [0.15, 0.2) is 0 Å². The third-order valence-electron chi connectivity index (χ3n) is 3.91. The maximum atomic E-state index is 10.2. The van der Waals surface area contributed by atoms with E-state index < -0.39 is 6.10 Å². The smallest absolute Gasteiger partial charge is 0.119 e. The van der Waals surface area contributed by atoms with Gasteiger partial charge in [0.1, 0.15) is 5.75 Å². The zero-order valence-electron chi connectivity index (χ0n) is 13.4. The van der Waals surface area contributed by atoms with E-state index in [0.29, 0.717) is 24.3 Å². The van der Waals surface area contributed by atoms with E-state index in [1.54, 1.807) is 7.11 Å². The Bertz CT molecular complexity index is 382. The lowest BCUT2D eigenvalue weighted by Crippen LogP contribution is -2.32. The van der Waals surface area contributed by atoms with Gasteiger partial charge in [-0.15, -0.1) is 0 Å². The van der Waals surface area contributed by atoms with Crippen LogP contribution in [0, 0.1) is 17.8 Å². The maximum Gasteiger partial charge on any atom is 0.119 e. The standard InChI is InChI=1S/C17H29NO2/c1-12(2)16(13(3)4)10-18-11-17(19)14-7-6-8-15(9-14)20-5/h6-9,12-13,16-19H,10-11H2,1-5H3. The molecule has 114 valence electrons. The van der Waals surface area contributed by atoms with Gasteiger partial charge in [0.05, 0.1) is 13.2 Å². The number of benzene rings is 1. The topological polar surface area (TPSA) is 41.5 Å². The summed E-state index contributed by atoms with van der Waals surface area (Å²) in [5, 5.41) is 13.6. The zero-order valence-corrected chi connectivity index (χ0v) is 13.4. The van der Waals surface area contributed by atoms with E-state index in [1.807, 2.05) is 24.3 Å². The molecule has 0 bridgehead atoms. The van der Waals surface area contributed by atoms with Crippen LogP contribution in [-0.4, -0.2) is 25.3 Å². The average molecular weight is 279 g/mol. The molecule has 1 atom stereocenters. The minimum absolute atomic E-state index is 0.495. The summed E-state index contributed by atoms with van der Waals surface area (Å²) < 4.78 is 5.18. The van der Waals surface area contributed by atoms with Crippen LogP contribution in [0.15, 0.2) is 24.3 Å². The van der Waals surface area contributed by atoms with Crippen molar-refractivity contribution in [1.29, 1.82) is 0 Å². The Kier molecular flexibility index (Phi) is 7.03. The zero-order chi connectivity index (χ0) is 15.1. The highest BCUT2D eigenvalue weighted by molar-refractivity contribution is 5.29. The van der Waals surface area contributed by atoms with Gasteiger partial charge in [-0.05, 0) is 42.0 Å². The summed E-state index contributed by atoms with van der Waals surface area (Å²) in [5.74, 6) is 2.71. The molecule has 0 saturated carbocycles. The molecule has 0 saturated heterocycles. The molecule has 0 amide bonds. The van der Waals surface area contributed by atoms with Gasteiger partial charge in [-0.25, -0.2) is 0 Å². The van der Waals surface area contributed by atoms with Crippen LogP contribution in [0.5, 0.6) is 5.75 Å². The first-order chi connectivity index (χ1) is 9.45. The Morgan fingerprint density at radius 3 is 2.30 bits per heavy atom. The van der Waals surface area contributed by atoms with Crippen LogP contribution >= 0.6 is 0 Å². The lowest BCUT2D eigenvalue weighted by Gasteiger charge is -2.25. The lowest BCUT2D eigenvalue weighted by molar-refractivity contribution is 0.166. The van der Waals surface area contributed by atoms with Crippen LogP contribution in [0.1, 0.15) is 39.4 Å². The predicted molar refractivity (Wildman–Crippen MR) is 84.0 cm³/mol. The average Bonchev–Trinajstić information content (AvgIpc) is 2.42. The molecule has 3 heteroatoms. The third-order valence-corrected chi connectivity index (χ3v) is 3.91. The number of nitrogens with one attached hydrogen (secondary N) is 1. The second-order valence-corrected chi connectivity index (χ2v) is 6.10. The molecule has 1 unspecified atom stereocenters. The summed E-state index contributed by atoms with van der Waals surface area (Å²) in [6.45, 7) is 10.5. The summed E-state index contributed by atoms with van der Waals surface area (Å²) >= 11 is 0. The van der Waals surface area contributed by atoms with Gasteiger partial charge in [0, 0.05) is 6.54 Å². The Labute approximate surface area is 123 Å². The molecule has 1 rings (SSSR count). The minimum atomic E-state index is -0.495. The Morgan fingerprint density at radius 1 is 1.10 bits per heavy atom. The Hall–Kier alpha value is -1.06. The summed E-state index contributed by atoms with van der Waals surface area (Å²) in [5.41, 5.74) is 0.891. The first-order valence-electron chi connectivity index (χ1n) is 7.48. The molecule has 0 heterocycles. The van der Waals surface area contributed by atoms with Gasteiger partial charge in [-0.3, -0.25) is 0 Å². The molecule has 0 aliphatic heterocycles. The monoisotopic (exact) mass is 279 g/mol. The van der Waals surface area contributed by atoms with E-state index in [2.05, 4.69) is 33.0 Å². The minimum Gasteiger partial charge on any atom is -0.497 e. The van der Waals surface area contributed by atoms with Crippen molar-refractivity contribution in [3.8, 4) is 5.75 Å². The second kappa shape index (κ2) is 8.28. The molecule has 0 fully saturated rings. The number of rotatable bonds is 8. The van der Waals surface area contributed by atoms with E-state index in [1.165, 1.54) is 0 Å². The number of hydrogen-bond acceptors (Lipinski definition) is 3. The van der Waals surface area contributed by atoms with Crippen molar-refractivity contribution in [1.82, 2.24) is 5.32 Å². The second-order valence-electron chi connectivity index (χ2n) is 6.10. The number of hydrogen-bond donors (Lipinski definition) is 2. The first kappa shape index (κ1) is 17.0. The van der Waals surface area contributed by atoms with Crippen LogP contribution in [-0.2, 0) is 0 Å². The molecule has 0 spiro atoms. The first-order valence-corrected chi connectivity index (χ1v) is 7.48. The molecule has 3 nitrogen and oxygen atoms in total. The molecule has 20 heavy (non-hydrogen) atoms. The molecule has 1 aromatic carbocycles. The normalized spacial score (nSPS) is 13.2. The number of aliphatic hydroxyl groups is 1. The summed E-state index contributed by atoms with van der Waals surface area (Å²) in [7, 11) is 1.64. The van der Waals surface area contributed by atoms with Crippen LogP contribution in [0.25, 0.3) is 0 Å². The van der Waals surface area contributed by atoms with Gasteiger partial charge in [-0.2, -0.15) is 0 Å². The molecular weight excluding hydrogens is 250 g/mol. The number of methoxy groups -OCH3 is 1. The van der Waals surface area contributed by atoms with Gasteiger partial charge >= 0.3 is 0 Å². The van der Waals surface area contributed by atoms with Crippen molar-refractivity contribution in [3.05, 3.63) is 29.8 Å². The highest BCUT2D eigenvalue weighted by Crippen LogP contribution is 2.21. The fourth-order valence-corrected chi connectivity index (χ4v) is 2.59.